The molecule has 0 saturated carbocycles. The number of nitrogens with two attached hydrogens (primary N) is 1. The Balaban J connectivity index is 1.73. The lowest BCUT2D eigenvalue weighted by Crippen LogP contribution is -2.10. The van der Waals surface area contributed by atoms with Gasteiger partial charge in [0.05, 0.1) is 5.39 Å². The maximum atomic E-state index is 11.2. The number of aromatic nitrogens is 2. The number of hydrogen-bond donors (Lipinski definition) is 2. The number of carbonyl (C=O) groups is 1. The number of benzene rings is 1. The second kappa shape index (κ2) is 5.87. The first-order valence-corrected chi connectivity index (χ1v) is 8.85. The summed E-state index contributed by atoms with van der Waals surface area (Å²) in [6, 6.07) is 7.12. The maximum Gasteiger partial charge on any atom is 0.248 e. The molecule has 6 heteroatoms. The molecule has 0 spiro atoms. The molecule has 5 nitrogen and oxygen atoms in total. The number of primary amides is 1. The highest BCUT2D eigenvalue weighted by molar-refractivity contribution is 7.19. The molecular weight excluding hydrogens is 320 g/mol. The second-order valence-electron chi connectivity index (χ2n) is 6.32. The highest BCUT2D eigenvalue weighted by atomic mass is 32.1. The van der Waals surface area contributed by atoms with Crippen molar-refractivity contribution in [3.8, 4) is 0 Å². The summed E-state index contributed by atoms with van der Waals surface area (Å²) >= 11 is 1.78. The lowest BCUT2D eigenvalue weighted by Gasteiger charge is -2.18. The smallest absolute Gasteiger partial charge is 0.248 e. The zero-order chi connectivity index (χ0) is 16.7. The van der Waals surface area contributed by atoms with Crippen molar-refractivity contribution in [1.29, 1.82) is 0 Å². The van der Waals surface area contributed by atoms with Crippen LogP contribution in [0.25, 0.3) is 10.2 Å². The van der Waals surface area contributed by atoms with Crippen LogP contribution in [0.1, 0.15) is 34.1 Å². The van der Waals surface area contributed by atoms with Crippen LogP contribution in [-0.2, 0) is 12.8 Å². The van der Waals surface area contributed by atoms with Gasteiger partial charge in [0.2, 0.25) is 5.91 Å². The number of fused-ring (bicyclic) bond motifs is 3. The van der Waals surface area contributed by atoms with Crippen molar-refractivity contribution >= 4 is 39.0 Å². The monoisotopic (exact) mass is 338 g/mol. The number of carbonyl (C=O) groups excluding carboxylic acids is 1. The molecule has 0 bridgehead atoms. The van der Waals surface area contributed by atoms with Gasteiger partial charge in [-0.15, -0.1) is 11.3 Å². The molecular formula is C18H18N4OS. The van der Waals surface area contributed by atoms with E-state index in [4.69, 9.17) is 5.73 Å². The predicted octanol–water partition coefficient (Wildman–Crippen LogP) is 3.66. The first kappa shape index (κ1) is 15.1. The molecule has 3 N–H and O–H groups in total. The predicted molar refractivity (Wildman–Crippen MR) is 96.8 cm³/mol. The Hall–Kier alpha value is -2.47. The molecule has 1 aromatic carbocycles. The fourth-order valence-corrected chi connectivity index (χ4v) is 4.57. The van der Waals surface area contributed by atoms with Gasteiger partial charge in [-0.3, -0.25) is 4.79 Å². The van der Waals surface area contributed by atoms with Gasteiger partial charge in [-0.05, 0) is 55.0 Å². The summed E-state index contributed by atoms with van der Waals surface area (Å²) < 4.78 is 0. The summed E-state index contributed by atoms with van der Waals surface area (Å²) in [4.78, 5) is 22.6. The highest BCUT2D eigenvalue weighted by Gasteiger charge is 2.23. The molecule has 1 atom stereocenters. The number of thiophene rings is 1. The number of nitrogens with one attached hydrogen (secondary N) is 1. The third kappa shape index (κ3) is 2.63. The Morgan fingerprint density at radius 3 is 2.83 bits per heavy atom. The number of aryl methyl sites for hydroxylation is 1. The Labute approximate surface area is 143 Å². The van der Waals surface area contributed by atoms with E-state index >= 15 is 0 Å². The summed E-state index contributed by atoms with van der Waals surface area (Å²) in [5, 5.41) is 4.51. The molecule has 4 rings (SSSR count). The molecule has 0 radical (unpaired) electrons. The average Bonchev–Trinajstić information content (AvgIpc) is 2.93. The standard InChI is InChI=1S/C18H18N4OS/c1-10-2-7-13-14(8-10)24-18-15(13)17(20-9-21-18)22-12-5-3-11(4-6-12)16(19)23/h3-6,9-10H,2,7-8H2,1H3,(H2,19,23)(H,20,21,22). The number of anilines is 2. The van der Waals surface area contributed by atoms with Crippen molar-refractivity contribution in [2.24, 2.45) is 11.7 Å². The summed E-state index contributed by atoms with van der Waals surface area (Å²) in [5.74, 6) is 1.14. The molecule has 0 fully saturated rings. The lowest BCUT2D eigenvalue weighted by molar-refractivity contribution is 0.100. The third-order valence-electron chi connectivity index (χ3n) is 4.52. The van der Waals surface area contributed by atoms with E-state index in [1.54, 1.807) is 29.8 Å². The molecule has 24 heavy (non-hydrogen) atoms. The van der Waals surface area contributed by atoms with E-state index in [0.717, 1.165) is 40.5 Å². The SMILES string of the molecule is CC1CCc2c(sc3ncnc(Nc4ccc(C(N)=O)cc4)c23)C1. The summed E-state index contributed by atoms with van der Waals surface area (Å²) in [5.41, 5.74) is 8.05. The van der Waals surface area contributed by atoms with Gasteiger partial charge < -0.3 is 11.1 Å². The molecule has 0 aliphatic heterocycles. The molecule has 2 aromatic heterocycles. The van der Waals surface area contributed by atoms with Crippen molar-refractivity contribution in [1.82, 2.24) is 9.97 Å². The number of nitrogens with zero attached hydrogens (tertiary/aromatic N) is 2. The molecule has 1 aliphatic carbocycles. The summed E-state index contributed by atoms with van der Waals surface area (Å²) in [7, 11) is 0. The van der Waals surface area contributed by atoms with Crippen molar-refractivity contribution in [2.45, 2.75) is 26.2 Å². The van der Waals surface area contributed by atoms with Crippen LogP contribution >= 0.6 is 11.3 Å². The fourth-order valence-electron chi connectivity index (χ4n) is 3.22. The van der Waals surface area contributed by atoms with Crippen LogP contribution in [0, 0.1) is 5.92 Å². The van der Waals surface area contributed by atoms with Crippen LogP contribution in [-0.4, -0.2) is 15.9 Å². The highest BCUT2D eigenvalue weighted by Crippen LogP contribution is 2.40. The quantitative estimate of drug-likeness (QED) is 0.763. The van der Waals surface area contributed by atoms with Gasteiger partial charge in [0.25, 0.3) is 0 Å². The third-order valence-corrected chi connectivity index (χ3v) is 5.69. The first-order chi connectivity index (χ1) is 11.6. The fraction of sp³-hybridized carbons (Fsp3) is 0.278. The van der Waals surface area contributed by atoms with E-state index in [0.29, 0.717) is 5.56 Å². The Kier molecular flexibility index (Phi) is 3.69. The Morgan fingerprint density at radius 1 is 1.29 bits per heavy atom. The van der Waals surface area contributed by atoms with E-state index in [2.05, 4.69) is 22.2 Å². The van der Waals surface area contributed by atoms with Gasteiger partial charge in [-0.25, -0.2) is 9.97 Å². The van der Waals surface area contributed by atoms with Gasteiger partial charge in [0.1, 0.15) is 17.0 Å². The van der Waals surface area contributed by atoms with E-state index in [9.17, 15) is 4.79 Å². The molecule has 0 saturated heterocycles. The normalized spacial score (nSPS) is 16.8. The van der Waals surface area contributed by atoms with E-state index in [1.807, 2.05) is 12.1 Å². The maximum absolute atomic E-state index is 11.2. The van der Waals surface area contributed by atoms with Crippen molar-refractivity contribution in [2.75, 3.05) is 5.32 Å². The molecule has 3 aromatic rings. The van der Waals surface area contributed by atoms with Gasteiger partial charge in [-0.1, -0.05) is 6.92 Å². The minimum absolute atomic E-state index is 0.424. The van der Waals surface area contributed by atoms with Gasteiger partial charge in [0, 0.05) is 16.1 Å². The molecule has 122 valence electrons. The van der Waals surface area contributed by atoms with Crippen LogP contribution in [0.3, 0.4) is 0 Å². The van der Waals surface area contributed by atoms with Gasteiger partial charge in [-0.2, -0.15) is 0 Å². The van der Waals surface area contributed by atoms with Crippen molar-refractivity contribution < 1.29 is 4.79 Å². The van der Waals surface area contributed by atoms with E-state index in [-0.39, 0.29) is 0 Å². The lowest BCUT2D eigenvalue weighted by atomic mass is 9.89. The van der Waals surface area contributed by atoms with Gasteiger partial charge in [0.15, 0.2) is 0 Å². The van der Waals surface area contributed by atoms with Gasteiger partial charge >= 0.3 is 0 Å². The average molecular weight is 338 g/mol. The van der Waals surface area contributed by atoms with Crippen LogP contribution in [0.15, 0.2) is 30.6 Å². The first-order valence-electron chi connectivity index (χ1n) is 8.04. The molecule has 2 heterocycles. The van der Waals surface area contributed by atoms with Crippen LogP contribution in [0.2, 0.25) is 0 Å². The minimum Gasteiger partial charge on any atom is -0.366 e. The van der Waals surface area contributed by atoms with Crippen molar-refractivity contribution in [3.63, 3.8) is 0 Å². The van der Waals surface area contributed by atoms with Crippen LogP contribution < -0.4 is 11.1 Å². The Morgan fingerprint density at radius 2 is 2.08 bits per heavy atom. The van der Waals surface area contributed by atoms with Crippen LogP contribution in [0.5, 0.6) is 0 Å². The molecule has 1 unspecified atom stereocenters. The van der Waals surface area contributed by atoms with Crippen molar-refractivity contribution in [3.05, 3.63) is 46.6 Å². The summed E-state index contributed by atoms with van der Waals surface area (Å²) in [6.07, 6.45) is 5.02. The van der Waals surface area contributed by atoms with Crippen LogP contribution in [0.4, 0.5) is 11.5 Å². The Bertz CT molecular complexity index is 917. The van der Waals surface area contributed by atoms with E-state index < -0.39 is 5.91 Å². The molecule has 1 amide bonds. The second-order valence-corrected chi connectivity index (χ2v) is 7.40. The largest absolute Gasteiger partial charge is 0.366 e. The number of rotatable bonds is 3. The minimum atomic E-state index is -0.424. The molecule has 1 aliphatic rings. The summed E-state index contributed by atoms with van der Waals surface area (Å²) in [6.45, 7) is 2.30. The zero-order valence-corrected chi connectivity index (χ0v) is 14.2. The van der Waals surface area contributed by atoms with E-state index in [1.165, 1.54) is 16.9 Å². The zero-order valence-electron chi connectivity index (χ0n) is 13.4. The number of hydrogen-bond acceptors (Lipinski definition) is 5. The topological polar surface area (TPSA) is 80.9 Å². The number of amides is 1.